The van der Waals surface area contributed by atoms with Gasteiger partial charge in [-0.2, -0.15) is 0 Å². The summed E-state index contributed by atoms with van der Waals surface area (Å²) in [6.07, 6.45) is 0. The number of benzene rings is 3. The van der Waals surface area contributed by atoms with Gasteiger partial charge in [0, 0.05) is 6.54 Å². The number of methoxy groups -OCH3 is 1. The van der Waals surface area contributed by atoms with E-state index in [0.29, 0.717) is 18.9 Å². The predicted molar refractivity (Wildman–Crippen MR) is 112 cm³/mol. The summed E-state index contributed by atoms with van der Waals surface area (Å²) >= 11 is 0. The number of amides is 1. The van der Waals surface area contributed by atoms with Crippen molar-refractivity contribution in [2.45, 2.75) is 13.2 Å². The van der Waals surface area contributed by atoms with Crippen LogP contribution in [0, 0.1) is 0 Å². The van der Waals surface area contributed by atoms with Crippen LogP contribution in [0.5, 0.6) is 11.5 Å². The first kappa shape index (κ1) is 20.9. The van der Waals surface area contributed by atoms with Crippen molar-refractivity contribution < 1.29 is 23.8 Å². The molecule has 0 aliphatic rings. The molecule has 0 spiro atoms. The maximum Gasteiger partial charge on any atom is 0.342 e. The van der Waals surface area contributed by atoms with Crippen molar-refractivity contribution in [2.24, 2.45) is 0 Å². The Labute approximate surface area is 175 Å². The van der Waals surface area contributed by atoms with Crippen molar-refractivity contribution >= 4 is 11.9 Å². The monoisotopic (exact) mass is 405 g/mol. The third-order valence-corrected chi connectivity index (χ3v) is 4.33. The zero-order chi connectivity index (χ0) is 21.2. The first-order chi connectivity index (χ1) is 14.7. The second-order valence-corrected chi connectivity index (χ2v) is 6.47. The van der Waals surface area contributed by atoms with E-state index in [2.05, 4.69) is 5.32 Å². The molecule has 1 amide bonds. The summed E-state index contributed by atoms with van der Waals surface area (Å²) in [5, 5.41) is 2.72. The summed E-state index contributed by atoms with van der Waals surface area (Å²) in [4.78, 5) is 24.5. The molecule has 0 heterocycles. The molecule has 6 nitrogen and oxygen atoms in total. The van der Waals surface area contributed by atoms with Gasteiger partial charge in [-0.15, -0.1) is 0 Å². The van der Waals surface area contributed by atoms with E-state index in [1.54, 1.807) is 31.4 Å². The van der Waals surface area contributed by atoms with E-state index in [1.165, 1.54) is 0 Å². The number of hydrogen-bond donors (Lipinski definition) is 1. The maximum absolute atomic E-state index is 12.4. The molecule has 6 heteroatoms. The first-order valence-corrected chi connectivity index (χ1v) is 9.48. The number of esters is 1. The molecule has 1 N–H and O–H groups in total. The molecule has 30 heavy (non-hydrogen) atoms. The molecule has 0 aliphatic heterocycles. The van der Waals surface area contributed by atoms with E-state index >= 15 is 0 Å². The number of ether oxygens (including phenoxy) is 3. The third kappa shape index (κ3) is 6.10. The van der Waals surface area contributed by atoms with E-state index in [-0.39, 0.29) is 18.1 Å². The fraction of sp³-hybridized carbons (Fsp3) is 0.167. The number of rotatable bonds is 9. The van der Waals surface area contributed by atoms with E-state index in [9.17, 15) is 9.59 Å². The van der Waals surface area contributed by atoms with Crippen LogP contribution in [-0.4, -0.2) is 25.6 Å². The molecule has 0 bridgehead atoms. The molecule has 0 unspecified atom stereocenters. The summed E-state index contributed by atoms with van der Waals surface area (Å²) in [5.74, 6) is 0.150. The highest BCUT2D eigenvalue weighted by atomic mass is 16.5. The second kappa shape index (κ2) is 10.7. The topological polar surface area (TPSA) is 73.9 Å². The van der Waals surface area contributed by atoms with E-state index in [4.69, 9.17) is 14.2 Å². The molecule has 0 saturated carbocycles. The Balaban J connectivity index is 1.49. The highest BCUT2D eigenvalue weighted by Gasteiger charge is 2.15. The third-order valence-electron chi connectivity index (χ3n) is 4.33. The normalized spacial score (nSPS) is 10.2. The fourth-order valence-electron chi connectivity index (χ4n) is 2.70. The van der Waals surface area contributed by atoms with E-state index < -0.39 is 5.97 Å². The Morgan fingerprint density at radius 1 is 0.833 bits per heavy atom. The molecule has 154 valence electrons. The molecule has 3 aromatic carbocycles. The summed E-state index contributed by atoms with van der Waals surface area (Å²) in [6.45, 7) is 0.284. The van der Waals surface area contributed by atoms with Crippen molar-refractivity contribution in [3.8, 4) is 11.5 Å². The largest absolute Gasteiger partial charge is 0.497 e. The van der Waals surface area contributed by atoms with Crippen LogP contribution < -0.4 is 14.8 Å². The Hall–Kier alpha value is -3.80. The van der Waals surface area contributed by atoms with Gasteiger partial charge in [0.05, 0.1) is 7.11 Å². The molecule has 3 aromatic rings. The molecular formula is C24H23NO5. The highest BCUT2D eigenvalue weighted by molar-refractivity contribution is 5.94. The van der Waals surface area contributed by atoms with Crippen LogP contribution in [0.2, 0.25) is 0 Å². The number of hydrogen-bond acceptors (Lipinski definition) is 5. The van der Waals surface area contributed by atoms with Gasteiger partial charge in [0.25, 0.3) is 5.91 Å². The zero-order valence-corrected chi connectivity index (χ0v) is 16.7. The van der Waals surface area contributed by atoms with Gasteiger partial charge in [-0.1, -0.05) is 54.6 Å². The Bertz CT molecular complexity index is 970. The molecule has 0 fully saturated rings. The maximum atomic E-state index is 12.4. The predicted octanol–water partition coefficient (Wildman–Crippen LogP) is 3.75. The fourth-order valence-corrected chi connectivity index (χ4v) is 2.70. The minimum absolute atomic E-state index is 0.274. The standard InChI is InChI=1S/C24H23NO5/c1-28-20-13-11-18(12-14-20)15-25-23(26)17-30-24(27)21-9-5-6-10-22(21)29-16-19-7-3-2-4-8-19/h2-14H,15-17H2,1H3,(H,25,26). The highest BCUT2D eigenvalue weighted by Crippen LogP contribution is 2.20. The van der Waals surface area contributed by atoms with Crippen molar-refractivity contribution in [1.82, 2.24) is 5.32 Å². The van der Waals surface area contributed by atoms with Crippen LogP contribution in [-0.2, 0) is 22.7 Å². The quantitative estimate of drug-likeness (QED) is 0.549. The van der Waals surface area contributed by atoms with Gasteiger partial charge in [0.1, 0.15) is 23.7 Å². The number of carbonyl (C=O) groups is 2. The van der Waals surface area contributed by atoms with Gasteiger partial charge in [0.15, 0.2) is 6.61 Å². The summed E-state index contributed by atoms with van der Waals surface area (Å²) in [5.41, 5.74) is 2.17. The Morgan fingerprint density at radius 3 is 2.27 bits per heavy atom. The summed E-state index contributed by atoms with van der Waals surface area (Å²) in [7, 11) is 1.59. The number of nitrogens with one attached hydrogen (secondary N) is 1. The van der Waals surface area contributed by atoms with Gasteiger partial charge in [0.2, 0.25) is 0 Å². The van der Waals surface area contributed by atoms with E-state index in [0.717, 1.165) is 16.9 Å². The van der Waals surface area contributed by atoms with Crippen LogP contribution in [0.15, 0.2) is 78.9 Å². The molecule has 0 atom stereocenters. The lowest BCUT2D eigenvalue weighted by molar-refractivity contribution is -0.124. The summed E-state index contributed by atoms with van der Waals surface area (Å²) < 4.78 is 16.0. The Kier molecular flexibility index (Phi) is 7.44. The first-order valence-electron chi connectivity index (χ1n) is 9.48. The molecule has 0 saturated heterocycles. The van der Waals surface area contributed by atoms with E-state index in [1.807, 2.05) is 54.6 Å². The lowest BCUT2D eigenvalue weighted by Crippen LogP contribution is -2.28. The van der Waals surface area contributed by atoms with Crippen LogP contribution in [0.4, 0.5) is 0 Å². The smallest absolute Gasteiger partial charge is 0.342 e. The lowest BCUT2D eigenvalue weighted by atomic mass is 10.2. The number of carbonyl (C=O) groups excluding carboxylic acids is 2. The molecule has 0 aliphatic carbocycles. The van der Waals surface area contributed by atoms with Crippen LogP contribution >= 0.6 is 0 Å². The lowest BCUT2D eigenvalue weighted by Gasteiger charge is -2.11. The van der Waals surface area contributed by atoms with Gasteiger partial charge < -0.3 is 19.5 Å². The van der Waals surface area contributed by atoms with Gasteiger partial charge in [-0.25, -0.2) is 4.79 Å². The molecule has 3 rings (SSSR count). The van der Waals surface area contributed by atoms with Crippen LogP contribution in [0.25, 0.3) is 0 Å². The number of para-hydroxylation sites is 1. The minimum Gasteiger partial charge on any atom is -0.497 e. The average molecular weight is 405 g/mol. The molecular weight excluding hydrogens is 382 g/mol. The van der Waals surface area contributed by atoms with Crippen LogP contribution in [0.1, 0.15) is 21.5 Å². The zero-order valence-electron chi connectivity index (χ0n) is 16.7. The summed E-state index contributed by atoms with van der Waals surface area (Å²) in [6, 6.07) is 23.8. The van der Waals surface area contributed by atoms with Crippen LogP contribution in [0.3, 0.4) is 0 Å². The SMILES string of the molecule is COc1ccc(CNC(=O)COC(=O)c2ccccc2OCc2ccccc2)cc1. The average Bonchev–Trinajstić information content (AvgIpc) is 2.81. The van der Waals surface area contributed by atoms with Gasteiger partial charge in [-0.05, 0) is 35.4 Å². The van der Waals surface area contributed by atoms with Gasteiger partial charge >= 0.3 is 5.97 Å². The van der Waals surface area contributed by atoms with Crippen molar-refractivity contribution in [1.29, 1.82) is 0 Å². The second-order valence-electron chi connectivity index (χ2n) is 6.47. The molecule has 0 radical (unpaired) electrons. The molecule has 0 aromatic heterocycles. The van der Waals surface area contributed by atoms with Crippen molar-refractivity contribution in [2.75, 3.05) is 13.7 Å². The minimum atomic E-state index is -0.613. The van der Waals surface area contributed by atoms with Crippen molar-refractivity contribution in [3.63, 3.8) is 0 Å². The Morgan fingerprint density at radius 2 is 1.53 bits per heavy atom. The van der Waals surface area contributed by atoms with Crippen molar-refractivity contribution in [3.05, 3.63) is 95.6 Å². The van der Waals surface area contributed by atoms with Gasteiger partial charge in [-0.3, -0.25) is 4.79 Å².